The Labute approximate surface area is 110 Å². The molecule has 2 aromatic carbocycles. The minimum Gasteiger partial charge on any atom is -0.427 e. The van der Waals surface area contributed by atoms with Crippen molar-refractivity contribution >= 4 is 11.6 Å². The molecule has 0 aliphatic heterocycles. The van der Waals surface area contributed by atoms with Crippen molar-refractivity contribution in [3.8, 4) is 22.6 Å². The lowest BCUT2D eigenvalue weighted by Crippen LogP contribution is -1.81. The van der Waals surface area contributed by atoms with Gasteiger partial charge in [0, 0.05) is 11.1 Å². The molecular formula is C15H10ClNO. The van der Waals surface area contributed by atoms with Gasteiger partial charge in [0.05, 0.1) is 0 Å². The Morgan fingerprint density at radius 2 is 1.33 bits per heavy atom. The molecule has 0 amide bonds. The Bertz CT molecular complexity index is 590. The van der Waals surface area contributed by atoms with Gasteiger partial charge >= 0.3 is 0 Å². The highest BCUT2D eigenvalue weighted by Gasteiger charge is 2.15. The Balaban J connectivity index is 2.17. The van der Waals surface area contributed by atoms with Gasteiger partial charge in [-0.25, -0.2) is 0 Å². The molecule has 0 saturated carbocycles. The van der Waals surface area contributed by atoms with Crippen molar-refractivity contribution in [1.82, 2.24) is 4.98 Å². The van der Waals surface area contributed by atoms with Gasteiger partial charge in [-0.1, -0.05) is 60.7 Å². The third-order valence-corrected chi connectivity index (χ3v) is 2.85. The lowest BCUT2D eigenvalue weighted by Gasteiger charge is -2.00. The highest BCUT2D eigenvalue weighted by molar-refractivity contribution is 6.28. The smallest absolute Gasteiger partial charge is 0.293 e. The van der Waals surface area contributed by atoms with Crippen LogP contribution >= 0.6 is 11.6 Å². The van der Waals surface area contributed by atoms with Gasteiger partial charge < -0.3 is 4.42 Å². The Hall–Kier alpha value is -2.06. The van der Waals surface area contributed by atoms with Crippen molar-refractivity contribution in [2.24, 2.45) is 0 Å². The minimum atomic E-state index is 0.160. The van der Waals surface area contributed by atoms with E-state index in [0.717, 1.165) is 16.8 Å². The van der Waals surface area contributed by atoms with Gasteiger partial charge in [-0.3, -0.25) is 0 Å². The first-order valence-electron chi connectivity index (χ1n) is 5.62. The van der Waals surface area contributed by atoms with E-state index < -0.39 is 0 Å². The molecule has 1 heterocycles. The molecule has 3 heteroatoms. The maximum Gasteiger partial charge on any atom is 0.293 e. The van der Waals surface area contributed by atoms with Crippen molar-refractivity contribution < 1.29 is 4.42 Å². The first-order chi connectivity index (χ1) is 8.84. The van der Waals surface area contributed by atoms with Crippen LogP contribution in [0.5, 0.6) is 0 Å². The second-order valence-electron chi connectivity index (χ2n) is 3.88. The van der Waals surface area contributed by atoms with E-state index in [1.165, 1.54) is 0 Å². The van der Waals surface area contributed by atoms with Crippen molar-refractivity contribution in [1.29, 1.82) is 0 Å². The standard InChI is InChI=1S/C15H10ClNO/c16-15-17-13(11-7-3-1-4-8-11)14(18-15)12-9-5-2-6-10-12/h1-10H. The minimum absolute atomic E-state index is 0.160. The number of halogens is 1. The summed E-state index contributed by atoms with van der Waals surface area (Å²) in [6.07, 6.45) is 0. The Morgan fingerprint density at radius 3 is 1.94 bits per heavy atom. The molecule has 0 spiro atoms. The number of benzene rings is 2. The van der Waals surface area contributed by atoms with E-state index >= 15 is 0 Å². The van der Waals surface area contributed by atoms with Crippen LogP contribution in [0.3, 0.4) is 0 Å². The van der Waals surface area contributed by atoms with Crippen molar-refractivity contribution in [2.45, 2.75) is 0 Å². The third kappa shape index (κ3) is 2.03. The molecule has 0 fully saturated rings. The molecule has 3 rings (SSSR count). The van der Waals surface area contributed by atoms with E-state index in [2.05, 4.69) is 4.98 Å². The molecule has 0 atom stereocenters. The number of hydrogen-bond acceptors (Lipinski definition) is 2. The first kappa shape index (κ1) is 11.1. The second-order valence-corrected chi connectivity index (χ2v) is 4.20. The van der Waals surface area contributed by atoms with Crippen LogP contribution in [-0.4, -0.2) is 4.98 Å². The summed E-state index contributed by atoms with van der Waals surface area (Å²) in [6, 6.07) is 19.7. The second kappa shape index (κ2) is 4.67. The first-order valence-corrected chi connectivity index (χ1v) is 5.99. The van der Waals surface area contributed by atoms with Crippen molar-refractivity contribution in [3.05, 3.63) is 66.0 Å². The van der Waals surface area contributed by atoms with Crippen LogP contribution in [0.2, 0.25) is 5.35 Å². The number of nitrogens with zero attached hydrogens (tertiary/aromatic N) is 1. The average Bonchev–Trinajstić information content (AvgIpc) is 2.83. The number of aromatic nitrogens is 1. The van der Waals surface area contributed by atoms with E-state index in [-0.39, 0.29) is 5.35 Å². The molecule has 1 aromatic heterocycles. The van der Waals surface area contributed by atoms with Crippen molar-refractivity contribution in [3.63, 3.8) is 0 Å². The number of hydrogen-bond donors (Lipinski definition) is 0. The molecule has 0 radical (unpaired) electrons. The predicted octanol–water partition coefficient (Wildman–Crippen LogP) is 4.66. The SMILES string of the molecule is Clc1nc(-c2ccccc2)c(-c2ccccc2)o1. The highest BCUT2D eigenvalue weighted by Crippen LogP contribution is 2.33. The van der Waals surface area contributed by atoms with Gasteiger partial charge in [-0.2, -0.15) is 4.98 Å². The average molecular weight is 256 g/mol. The molecule has 0 unspecified atom stereocenters. The van der Waals surface area contributed by atoms with E-state index in [1.54, 1.807) is 0 Å². The molecular weight excluding hydrogens is 246 g/mol. The quantitative estimate of drug-likeness (QED) is 0.665. The fourth-order valence-corrected chi connectivity index (χ4v) is 2.03. The van der Waals surface area contributed by atoms with Crippen molar-refractivity contribution in [2.75, 3.05) is 0 Å². The van der Waals surface area contributed by atoms with E-state index in [1.807, 2.05) is 60.7 Å². The molecule has 2 nitrogen and oxygen atoms in total. The molecule has 0 aliphatic carbocycles. The maximum absolute atomic E-state index is 5.89. The molecule has 0 aliphatic rings. The van der Waals surface area contributed by atoms with Crippen LogP contribution in [0.4, 0.5) is 0 Å². The van der Waals surface area contributed by atoms with Gasteiger partial charge in [-0.15, -0.1) is 0 Å². The van der Waals surface area contributed by atoms with Crippen LogP contribution in [0, 0.1) is 0 Å². The molecule has 0 bridgehead atoms. The molecule has 88 valence electrons. The van der Waals surface area contributed by atoms with Gasteiger partial charge in [0.2, 0.25) is 0 Å². The summed E-state index contributed by atoms with van der Waals surface area (Å²) in [4.78, 5) is 4.26. The maximum atomic E-state index is 5.89. The summed E-state index contributed by atoms with van der Waals surface area (Å²) in [6.45, 7) is 0. The summed E-state index contributed by atoms with van der Waals surface area (Å²) >= 11 is 5.89. The predicted molar refractivity (Wildman–Crippen MR) is 72.4 cm³/mol. The summed E-state index contributed by atoms with van der Waals surface area (Å²) in [7, 11) is 0. The van der Waals surface area contributed by atoms with E-state index in [9.17, 15) is 0 Å². The van der Waals surface area contributed by atoms with Gasteiger partial charge in [0.1, 0.15) is 5.69 Å². The molecule has 0 N–H and O–H groups in total. The summed E-state index contributed by atoms with van der Waals surface area (Å²) in [5, 5.41) is 0.160. The van der Waals surface area contributed by atoms with Gasteiger partial charge in [-0.05, 0) is 11.6 Å². The van der Waals surface area contributed by atoms with Crippen LogP contribution in [0.15, 0.2) is 65.1 Å². The Morgan fingerprint density at radius 1 is 0.778 bits per heavy atom. The van der Waals surface area contributed by atoms with E-state index in [0.29, 0.717) is 5.76 Å². The third-order valence-electron chi connectivity index (χ3n) is 2.68. The fourth-order valence-electron chi connectivity index (χ4n) is 1.87. The van der Waals surface area contributed by atoms with Gasteiger partial charge in [0.15, 0.2) is 5.76 Å². The lowest BCUT2D eigenvalue weighted by atomic mass is 10.1. The highest BCUT2D eigenvalue weighted by atomic mass is 35.5. The number of oxazole rings is 1. The molecule has 0 saturated heterocycles. The summed E-state index contributed by atoms with van der Waals surface area (Å²) < 4.78 is 5.51. The van der Waals surface area contributed by atoms with Gasteiger partial charge in [0.25, 0.3) is 5.35 Å². The van der Waals surface area contributed by atoms with Crippen LogP contribution in [0.1, 0.15) is 0 Å². The largest absolute Gasteiger partial charge is 0.427 e. The zero-order valence-electron chi connectivity index (χ0n) is 9.51. The normalized spacial score (nSPS) is 10.5. The summed E-state index contributed by atoms with van der Waals surface area (Å²) in [5.41, 5.74) is 2.73. The number of rotatable bonds is 2. The molecule has 3 aromatic rings. The summed E-state index contributed by atoms with van der Waals surface area (Å²) in [5.74, 6) is 0.701. The van der Waals surface area contributed by atoms with Crippen LogP contribution < -0.4 is 0 Å². The zero-order chi connectivity index (χ0) is 12.4. The molecule has 18 heavy (non-hydrogen) atoms. The topological polar surface area (TPSA) is 26.0 Å². The monoisotopic (exact) mass is 255 g/mol. The van der Waals surface area contributed by atoms with Crippen LogP contribution in [-0.2, 0) is 0 Å². The Kier molecular flexibility index (Phi) is 2.87. The lowest BCUT2D eigenvalue weighted by molar-refractivity contribution is 0.574. The fraction of sp³-hybridized carbons (Fsp3) is 0. The zero-order valence-corrected chi connectivity index (χ0v) is 10.3. The van der Waals surface area contributed by atoms with E-state index in [4.69, 9.17) is 16.0 Å². The van der Waals surface area contributed by atoms with Crippen LogP contribution in [0.25, 0.3) is 22.6 Å².